The Morgan fingerprint density at radius 2 is 1.79 bits per heavy atom. The third kappa shape index (κ3) is 4.67. The average Bonchev–Trinajstić information content (AvgIpc) is 2.51. The molecule has 0 radical (unpaired) electrons. The minimum Gasteiger partial charge on any atom is -0.478 e. The van der Waals surface area contributed by atoms with Gasteiger partial charge in [0.15, 0.2) is 5.11 Å². The van der Waals surface area contributed by atoms with Crippen molar-refractivity contribution in [1.29, 1.82) is 0 Å². The van der Waals surface area contributed by atoms with E-state index in [-0.39, 0.29) is 26.9 Å². The zero-order valence-corrected chi connectivity index (χ0v) is 15.7. The van der Waals surface area contributed by atoms with Gasteiger partial charge in [-0.15, -0.1) is 0 Å². The number of nitrogens with one attached hydrogen (secondary N) is 2. The largest absolute Gasteiger partial charge is 0.478 e. The normalized spacial score (nSPS) is 10.1. The molecule has 5 nitrogen and oxygen atoms in total. The lowest BCUT2D eigenvalue weighted by atomic mass is 10.2. The third-order valence-corrected chi connectivity index (χ3v) is 4.31. The molecule has 0 saturated heterocycles. The summed E-state index contributed by atoms with van der Waals surface area (Å²) in [7, 11) is 0. The van der Waals surface area contributed by atoms with Gasteiger partial charge in [0.25, 0.3) is 5.91 Å². The van der Waals surface area contributed by atoms with E-state index in [4.69, 9.17) is 35.4 Å². The number of carbonyl (C=O) groups is 2. The van der Waals surface area contributed by atoms with Gasteiger partial charge < -0.3 is 10.4 Å². The average molecular weight is 448 g/mol. The minimum atomic E-state index is -1.13. The molecule has 2 rings (SSSR count). The van der Waals surface area contributed by atoms with Crippen LogP contribution in [0.15, 0.2) is 40.9 Å². The number of thiocarbonyl (C=S) groups is 1. The highest BCUT2D eigenvalue weighted by Crippen LogP contribution is 2.23. The third-order valence-electron chi connectivity index (χ3n) is 2.87. The predicted octanol–water partition coefficient (Wildman–Crippen LogP) is 4.58. The van der Waals surface area contributed by atoms with Gasteiger partial charge in [-0.1, -0.05) is 39.1 Å². The quantitative estimate of drug-likeness (QED) is 0.600. The van der Waals surface area contributed by atoms with Crippen molar-refractivity contribution in [3.05, 3.63) is 62.0 Å². The van der Waals surface area contributed by atoms with Crippen molar-refractivity contribution in [2.24, 2.45) is 0 Å². The van der Waals surface area contributed by atoms with Crippen molar-refractivity contribution in [3.63, 3.8) is 0 Å². The maximum atomic E-state index is 12.1. The van der Waals surface area contributed by atoms with Crippen molar-refractivity contribution >= 4 is 74.0 Å². The first-order valence-electron chi connectivity index (χ1n) is 6.38. The van der Waals surface area contributed by atoms with Gasteiger partial charge in [0.05, 0.1) is 21.3 Å². The first kappa shape index (κ1) is 18.7. The van der Waals surface area contributed by atoms with Crippen molar-refractivity contribution < 1.29 is 14.7 Å². The number of halogens is 3. The molecule has 124 valence electrons. The van der Waals surface area contributed by atoms with Gasteiger partial charge in [0.2, 0.25) is 0 Å². The van der Waals surface area contributed by atoms with E-state index in [9.17, 15) is 14.7 Å². The van der Waals surface area contributed by atoms with Gasteiger partial charge in [-0.05, 0) is 48.6 Å². The number of carboxylic acid groups (broad SMARTS) is 1. The molecule has 0 aromatic heterocycles. The lowest BCUT2D eigenvalue weighted by Gasteiger charge is -2.12. The SMILES string of the molecule is O=C(NC(=S)Nc1ccc(Br)cc1C(=O)O)c1ccc(Cl)c(Cl)c1. The van der Waals surface area contributed by atoms with Crippen LogP contribution in [-0.2, 0) is 0 Å². The number of rotatable bonds is 3. The second kappa shape index (κ2) is 7.94. The summed E-state index contributed by atoms with van der Waals surface area (Å²) in [6.45, 7) is 0. The molecule has 2 aromatic rings. The molecule has 24 heavy (non-hydrogen) atoms. The minimum absolute atomic E-state index is 0.00973. The fourth-order valence-electron chi connectivity index (χ4n) is 1.77. The van der Waals surface area contributed by atoms with Crippen molar-refractivity contribution in [2.45, 2.75) is 0 Å². The van der Waals surface area contributed by atoms with Crippen LogP contribution in [0.3, 0.4) is 0 Å². The van der Waals surface area contributed by atoms with Gasteiger partial charge in [-0.2, -0.15) is 0 Å². The van der Waals surface area contributed by atoms with E-state index >= 15 is 0 Å². The van der Waals surface area contributed by atoms with E-state index in [1.807, 2.05) is 0 Å². The maximum Gasteiger partial charge on any atom is 0.337 e. The van der Waals surface area contributed by atoms with E-state index in [0.717, 1.165) is 0 Å². The van der Waals surface area contributed by atoms with Crippen LogP contribution in [0.2, 0.25) is 10.0 Å². The Kier molecular flexibility index (Phi) is 6.17. The number of anilines is 1. The first-order chi connectivity index (χ1) is 11.3. The molecule has 2 aromatic carbocycles. The number of aromatic carboxylic acids is 1. The van der Waals surface area contributed by atoms with Gasteiger partial charge >= 0.3 is 5.97 Å². The summed E-state index contributed by atoms with van der Waals surface area (Å²) in [6.07, 6.45) is 0. The molecule has 0 unspecified atom stereocenters. The summed E-state index contributed by atoms with van der Waals surface area (Å²) >= 11 is 19.9. The predicted molar refractivity (Wildman–Crippen MR) is 101 cm³/mol. The van der Waals surface area contributed by atoms with Crippen LogP contribution in [0.1, 0.15) is 20.7 Å². The number of hydrogen-bond donors (Lipinski definition) is 3. The molecule has 1 amide bonds. The number of hydrogen-bond acceptors (Lipinski definition) is 3. The Morgan fingerprint density at radius 3 is 2.42 bits per heavy atom. The molecular weight excluding hydrogens is 439 g/mol. The lowest BCUT2D eigenvalue weighted by molar-refractivity contribution is 0.0697. The number of carboxylic acids is 1. The maximum absolute atomic E-state index is 12.1. The van der Waals surface area contributed by atoms with Gasteiger partial charge in [-0.3, -0.25) is 10.1 Å². The first-order valence-corrected chi connectivity index (χ1v) is 8.34. The fraction of sp³-hybridized carbons (Fsp3) is 0. The number of carbonyl (C=O) groups excluding carboxylic acids is 1. The Hall–Kier alpha value is -1.67. The van der Waals surface area contributed by atoms with Crippen LogP contribution in [-0.4, -0.2) is 22.1 Å². The topological polar surface area (TPSA) is 78.4 Å². The highest BCUT2D eigenvalue weighted by molar-refractivity contribution is 9.10. The smallest absolute Gasteiger partial charge is 0.337 e. The number of amides is 1. The highest BCUT2D eigenvalue weighted by atomic mass is 79.9. The molecule has 0 aliphatic carbocycles. The monoisotopic (exact) mass is 446 g/mol. The molecule has 0 aliphatic heterocycles. The van der Waals surface area contributed by atoms with Crippen LogP contribution in [0.4, 0.5) is 5.69 Å². The van der Waals surface area contributed by atoms with Crippen molar-refractivity contribution in [1.82, 2.24) is 5.32 Å². The second-order valence-electron chi connectivity index (χ2n) is 4.53. The van der Waals surface area contributed by atoms with E-state index in [0.29, 0.717) is 9.50 Å². The summed E-state index contributed by atoms with van der Waals surface area (Å²) in [5.74, 6) is -1.63. The summed E-state index contributed by atoms with van der Waals surface area (Å²) in [6, 6.07) is 9.00. The van der Waals surface area contributed by atoms with E-state index in [1.165, 1.54) is 30.3 Å². The van der Waals surface area contributed by atoms with E-state index < -0.39 is 11.9 Å². The van der Waals surface area contributed by atoms with Crippen molar-refractivity contribution in [3.8, 4) is 0 Å². The Morgan fingerprint density at radius 1 is 1.08 bits per heavy atom. The molecule has 0 bridgehead atoms. The molecule has 3 N–H and O–H groups in total. The Labute approximate surface area is 161 Å². The van der Waals surface area contributed by atoms with Crippen LogP contribution in [0, 0.1) is 0 Å². The van der Waals surface area contributed by atoms with Crippen LogP contribution < -0.4 is 10.6 Å². The molecule has 0 atom stereocenters. The Bertz CT molecular complexity index is 845. The molecule has 0 saturated carbocycles. The molecule has 0 heterocycles. The summed E-state index contributed by atoms with van der Waals surface area (Å²) in [5.41, 5.74) is 0.531. The second-order valence-corrected chi connectivity index (χ2v) is 6.67. The lowest BCUT2D eigenvalue weighted by Crippen LogP contribution is -2.34. The fourth-order valence-corrected chi connectivity index (χ4v) is 2.63. The molecule has 9 heteroatoms. The summed E-state index contributed by atoms with van der Waals surface area (Å²) < 4.78 is 0.608. The Balaban J connectivity index is 2.12. The molecule has 0 fully saturated rings. The summed E-state index contributed by atoms with van der Waals surface area (Å²) in [4.78, 5) is 23.4. The standard InChI is InChI=1S/C15H9BrCl2N2O3S/c16-8-2-4-12(9(6-8)14(22)23)19-15(24)20-13(21)7-1-3-10(17)11(18)5-7/h1-6H,(H,22,23)(H2,19,20,21,24). The van der Waals surface area contributed by atoms with Gasteiger partial charge in [0, 0.05) is 10.0 Å². The summed E-state index contributed by atoms with van der Waals surface area (Å²) in [5, 5.41) is 14.9. The van der Waals surface area contributed by atoms with Crippen LogP contribution >= 0.6 is 51.3 Å². The van der Waals surface area contributed by atoms with E-state index in [1.54, 1.807) is 6.07 Å². The zero-order valence-electron chi connectivity index (χ0n) is 11.8. The van der Waals surface area contributed by atoms with Gasteiger partial charge in [0.1, 0.15) is 0 Å². The van der Waals surface area contributed by atoms with Crippen molar-refractivity contribution in [2.75, 3.05) is 5.32 Å². The molecule has 0 spiro atoms. The van der Waals surface area contributed by atoms with Gasteiger partial charge in [-0.25, -0.2) is 4.79 Å². The highest BCUT2D eigenvalue weighted by Gasteiger charge is 2.14. The zero-order chi connectivity index (χ0) is 17.9. The van der Waals surface area contributed by atoms with Crippen LogP contribution in [0.25, 0.3) is 0 Å². The van der Waals surface area contributed by atoms with Crippen LogP contribution in [0.5, 0.6) is 0 Å². The molecule has 0 aliphatic rings. The van der Waals surface area contributed by atoms with E-state index in [2.05, 4.69) is 26.6 Å². The molecular formula is C15H9BrCl2N2O3S. The number of benzene rings is 2.